The van der Waals surface area contributed by atoms with Crippen molar-refractivity contribution in [3.8, 4) is 0 Å². The fourth-order valence-electron chi connectivity index (χ4n) is 3.31. The molecule has 2 rings (SSSR count). The van der Waals surface area contributed by atoms with E-state index in [9.17, 15) is 0 Å². The Labute approximate surface area is 201 Å². The highest BCUT2D eigenvalue weighted by Crippen LogP contribution is 2.00. The molecule has 31 heavy (non-hydrogen) atoms. The smallest absolute Gasteiger partial charge is 0.245 e. The highest BCUT2D eigenvalue weighted by molar-refractivity contribution is 4.66. The van der Waals surface area contributed by atoms with Crippen LogP contribution in [0.3, 0.4) is 0 Å². The maximum absolute atomic E-state index is 5.78. The van der Waals surface area contributed by atoms with Crippen LogP contribution in [-0.2, 0) is 36.0 Å². The summed E-state index contributed by atoms with van der Waals surface area (Å²) in [5, 5.41) is 0. The van der Waals surface area contributed by atoms with Gasteiger partial charge in [0.1, 0.15) is 24.8 Å². The largest absolute Gasteiger partial charge is 1.00 e. The Balaban J connectivity index is 0.00000450. The molecule has 8 heteroatoms. The van der Waals surface area contributed by atoms with Crippen molar-refractivity contribution in [1.29, 1.82) is 0 Å². The van der Waals surface area contributed by atoms with Crippen LogP contribution in [0.5, 0.6) is 0 Å². The normalized spacial score (nSPS) is 10.6. The molecule has 0 unspecified atom stereocenters. The molecule has 2 heterocycles. The van der Waals surface area contributed by atoms with Gasteiger partial charge >= 0.3 is 0 Å². The van der Waals surface area contributed by atoms with E-state index in [1.165, 1.54) is 38.5 Å². The molecular weight excluding hydrogens is 435 g/mol. The molecule has 0 amide bonds. The molecule has 2 aromatic rings. The molecule has 0 aliphatic rings. The summed E-state index contributed by atoms with van der Waals surface area (Å²) in [4.78, 5) is 0. The van der Waals surface area contributed by atoms with Crippen LogP contribution < -0.4 is 33.9 Å². The Morgan fingerprint density at radius 1 is 0.613 bits per heavy atom. The molecule has 0 spiro atoms. The van der Waals surface area contributed by atoms with E-state index in [-0.39, 0.29) is 24.8 Å². The molecule has 0 radical (unpaired) electrons. The SMILES string of the molecule is CCCCCn1cc[n+](COCCCCCOC[n+]2ccn(CCCCC)c2)c1.[Cl-].[Cl-]. The van der Waals surface area contributed by atoms with Gasteiger partial charge in [0.15, 0.2) is 13.5 Å². The summed E-state index contributed by atoms with van der Waals surface area (Å²) < 4.78 is 20.3. The third-order valence-electron chi connectivity index (χ3n) is 5.09. The highest BCUT2D eigenvalue weighted by atomic mass is 35.5. The van der Waals surface area contributed by atoms with Gasteiger partial charge in [-0.05, 0) is 44.9 Å². The van der Waals surface area contributed by atoms with Gasteiger partial charge in [-0.3, -0.25) is 0 Å². The molecule has 0 N–H and O–H groups in total. The summed E-state index contributed by atoms with van der Waals surface area (Å²) in [6.45, 7) is 9.58. The topological polar surface area (TPSA) is 36.1 Å². The number of aromatic nitrogens is 4. The second kappa shape index (κ2) is 19.6. The second-order valence-corrected chi connectivity index (χ2v) is 7.88. The second-order valence-electron chi connectivity index (χ2n) is 7.88. The van der Waals surface area contributed by atoms with Crippen molar-refractivity contribution in [3.63, 3.8) is 0 Å². The number of hydrogen-bond acceptors (Lipinski definition) is 2. The molecule has 0 saturated heterocycles. The van der Waals surface area contributed by atoms with Crippen LogP contribution in [0, 0.1) is 0 Å². The van der Waals surface area contributed by atoms with Crippen LogP contribution in [0.2, 0.25) is 0 Å². The molecule has 6 nitrogen and oxygen atoms in total. The zero-order valence-electron chi connectivity index (χ0n) is 19.4. The van der Waals surface area contributed by atoms with Crippen LogP contribution in [0.15, 0.2) is 37.4 Å². The molecule has 0 saturated carbocycles. The number of unbranched alkanes of at least 4 members (excludes halogenated alkanes) is 6. The maximum atomic E-state index is 5.78. The first kappa shape index (κ1) is 29.9. The monoisotopic (exact) mass is 476 g/mol. The van der Waals surface area contributed by atoms with E-state index in [0.29, 0.717) is 13.5 Å². The molecular formula is C23H42Cl2N4O2. The van der Waals surface area contributed by atoms with Gasteiger partial charge in [0.05, 0.1) is 26.3 Å². The van der Waals surface area contributed by atoms with Crippen molar-refractivity contribution in [2.75, 3.05) is 13.2 Å². The summed E-state index contributed by atoms with van der Waals surface area (Å²) in [5.74, 6) is 0. The summed E-state index contributed by atoms with van der Waals surface area (Å²) >= 11 is 0. The average Bonchev–Trinajstić information content (AvgIpc) is 3.37. The Hall–Kier alpha value is -1.08. The lowest BCUT2D eigenvalue weighted by molar-refractivity contribution is -0.732. The van der Waals surface area contributed by atoms with Crippen molar-refractivity contribution in [1.82, 2.24) is 9.13 Å². The first-order valence-corrected chi connectivity index (χ1v) is 11.6. The van der Waals surface area contributed by atoms with Crippen molar-refractivity contribution in [3.05, 3.63) is 37.4 Å². The Morgan fingerprint density at radius 3 is 1.48 bits per heavy atom. The van der Waals surface area contributed by atoms with Crippen LogP contribution >= 0.6 is 0 Å². The Bertz CT molecular complexity index is 595. The van der Waals surface area contributed by atoms with Gasteiger partial charge in [-0.2, -0.15) is 0 Å². The van der Waals surface area contributed by atoms with Crippen molar-refractivity contribution in [2.45, 2.75) is 98.2 Å². The van der Waals surface area contributed by atoms with E-state index >= 15 is 0 Å². The van der Waals surface area contributed by atoms with Crippen LogP contribution in [0.25, 0.3) is 0 Å². The van der Waals surface area contributed by atoms with Gasteiger partial charge in [-0.25, -0.2) is 18.3 Å². The van der Waals surface area contributed by atoms with Crippen LogP contribution in [-0.4, -0.2) is 22.3 Å². The summed E-state index contributed by atoms with van der Waals surface area (Å²) in [6, 6.07) is 0. The zero-order chi connectivity index (χ0) is 20.6. The first-order chi connectivity index (χ1) is 14.3. The third-order valence-corrected chi connectivity index (χ3v) is 5.09. The number of ether oxygens (including phenoxy) is 2. The van der Waals surface area contributed by atoms with E-state index in [0.717, 1.165) is 45.6 Å². The van der Waals surface area contributed by atoms with Crippen LogP contribution in [0.1, 0.15) is 71.6 Å². The van der Waals surface area contributed by atoms with Crippen molar-refractivity contribution >= 4 is 0 Å². The number of rotatable bonds is 18. The molecule has 0 aromatic carbocycles. The predicted molar refractivity (Wildman–Crippen MR) is 114 cm³/mol. The van der Waals surface area contributed by atoms with E-state index in [2.05, 4.69) is 69.6 Å². The summed E-state index contributed by atoms with van der Waals surface area (Å²) in [7, 11) is 0. The standard InChI is InChI=1S/C23H42N4O2.2ClH/c1-3-5-8-12-24-14-16-26(20-24)22-28-18-10-7-11-19-29-23-27-17-15-25(21-27)13-9-6-4-2;;/h14-17,20-21H,3-13,18-19,22-23H2,1-2H3;2*1H/q+2;;/p-2. The molecule has 0 aliphatic carbocycles. The fourth-order valence-corrected chi connectivity index (χ4v) is 3.31. The predicted octanol–water partition coefficient (Wildman–Crippen LogP) is -1.93. The Kier molecular flexibility index (Phi) is 18.9. The third kappa shape index (κ3) is 13.8. The lowest BCUT2D eigenvalue weighted by atomic mass is 10.2. The lowest BCUT2D eigenvalue weighted by Crippen LogP contribution is -3.00. The van der Waals surface area contributed by atoms with Gasteiger partial charge in [-0.15, -0.1) is 0 Å². The minimum absolute atomic E-state index is 0. The van der Waals surface area contributed by atoms with E-state index in [4.69, 9.17) is 9.47 Å². The number of nitrogens with zero attached hydrogens (tertiary/aromatic N) is 4. The molecule has 0 atom stereocenters. The average molecular weight is 478 g/mol. The van der Waals surface area contributed by atoms with E-state index in [1.807, 2.05) is 0 Å². The number of halogens is 2. The van der Waals surface area contributed by atoms with Gasteiger partial charge in [0.25, 0.3) is 0 Å². The quantitative estimate of drug-likeness (QED) is 0.185. The molecule has 0 aliphatic heterocycles. The fraction of sp³-hybridized carbons (Fsp3) is 0.739. The van der Waals surface area contributed by atoms with Gasteiger partial charge < -0.3 is 34.3 Å². The summed E-state index contributed by atoms with van der Waals surface area (Å²) in [6.07, 6.45) is 23.7. The van der Waals surface area contributed by atoms with Crippen LogP contribution in [0.4, 0.5) is 0 Å². The van der Waals surface area contributed by atoms with Gasteiger partial charge in [-0.1, -0.05) is 26.7 Å². The zero-order valence-corrected chi connectivity index (χ0v) is 20.9. The number of hydrogen-bond donors (Lipinski definition) is 0. The van der Waals surface area contributed by atoms with Crippen molar-refractivity contribution < 1.29 is 43.4 Å². The van der Waals surface area contributed by atoms with Gasteiger partial charge in [0.2, 0.25) is 12.7 Å². The van der Waals surface area contributed by atoms with Crippen molar-refractivity contribution in [2.24, 2.45) is 0 Å². The molecule has 0 bridgehead atoms. The van der Waals surface area contributed by atoms with Gasteiger partial charge in [0, 0.05) is 0 Å². The summed E-state index contributed by atoms with van der Waals surface area (Å²) in [5.41, 5.74) is 0. The molecule has 0 fully saturated rings. The highest BCUT2D eigenvalue weighted by Gasteiger charge is 2.04. The number of aryl methyl sites for hydroxylation is 2. The van der Waals surface area contributed by atoms with E-state index < -0.39 is 0 Å². The maximum Gasteiger partial charge on any atom is 0.245 e. The first-order valence-electron chi connectivity index (χ1n) is 11.6. The van der Waals surface area contributed by atoms with E-state index in [1.54, 1.807) is 0 Å². The molecule has 2 aromatic heterocycles. The lowest BCUT2D eigenvalue weighted by Gasteiger charge is -2.03. The molecule has 180 valence electrons. The minimum atomic E-state index is 0. The minimum Gasteiger partial charge on any atom is -1.00 e. The Morgan fingerprint density at radius 2 is 1.06 bits per heavy atom. The number of imidazole rings is 2.